The van der Waals surface area contributed by atoms with Crippen molar-refractivity contribution < 1.29 is 13.6 Å². The minimum atomic E-state index is -1.90. The quantitative estimate of drug-likeness (QED) is 0.595. The summed E-state index contributed by atoms with van der Waals surface area (Å²) in [6, 6.07) is 2.18. The molecule has 1 aliphatic heterocycles. The molecule has 0 radical (unpaired) electrons. The Bertz CT molecular complexity index is 211. The molecule has 0 aromatic carbocycles. The molecule has 1 fully saturated rings. The zero-order chi connectivity index (χ0) is 12.8. The summed E-state index contributed by atoms with van der Waals surface area (Å²) in [6.07, 6.45) is 2.45. The van der Waals surface area contributed by atoms with Crippen molar-refractivity contribution in [3.05, 3.63) is 0 Å². The SMILES string of the molecule is CCO[Si](CC)(CCCC1(C)COC1)OCC. The van der Waals surface area contributed by atoms with E-state index < -0.39 is 8.56 Å². The first-order chi connectivity index (χ1) is 8.10. The monoisotopic (exact) mass is 260 g/mol. The lowest BCUT2D eigenvalue weighted by molar-refractivity contribution is -0.106. The maximum atomic E-state index is 5.97. The Morgan fingerprint density at radius 1 is 1.12 bits per heavy atom. The molecule has 1 rings (SSSR count). The normalized spacial score (nSPS) is 19.1. The fraction of sp³-hybridized carbons (Fsp3) is 1.00. The summed E-state index contributed by atoms with van der Waals surface area (Å²) in [6.45, 7) is 12.1. The average molecular weight is 260 g/mol. The standard InChI is InChI=1S/C13H28O3Si/c1-5-15-17(7-3,16-6-2)10-8-9-13(4)11-14-12-13/h5-12H2,1-4H3. The van der Waals surface area contributed by atoms with Crippen LogP contribution in [0.1, 0.15) is 40.5 Å². The highest BCUT2D eigenvalue weighted by atomic mass is 28.4. The molecule has 0 bridgehead atoms. The number of rotatable bonds is 9. The van der Waals surface area contributed by atoms with Gasteiger partial charge in [0.25, 0.3) is 0 Å². The van der Waals surface area contributed by atoms with Crippen molar-refractivity contribution in [1.82, 2.24) is 0 Å². The zero-order valence-corrected chi connectivity index (χ0v) is 12.9. The minimum absolute atomic E-state index is 0.423. The molecule has 1 aliphatic rings. The van der Waals surface area contributed by atoms with Crippen LogP contribution in [-0.2, 0) is 13.6 Å². The molecule has 0 unspecified atom stereocenters. The van der Waals surface area contributed by atoms with Gasteiger partial charge >= 0.3 is 8.56 Å². The van der Waals surface area contributed by atoms with Crippen molar-refractivity contribution in [3.63, 3.8) is 0 Å². The van der Waals surface area contributed by atoms with E-state index in [4.69, 9.17) is 13.6 Å². The molecule has 3 nitrogen and oxygen atoms in total. The first-order valence-corrected chi connectivity index (χ1v) is 9.18. The van der Waals surface area contributed by atoms with E-state index in [9.17, 15) is 0 Å². The Hall–Kier alpha value is 0.0969. The van der Waals surface area contributed by atoms with Crippen molar-refractivity contribution in [2.45, 2.75) is 52.6 Å². The van der Waals surface area contributed by atoms with Crippen LogP contribution < -0.4 is 0 Å². The predicted molar refractivity (Wildman–Crippen MR) is 72.5 cm³/mol. The molecular weight excluding hydrogens is 232 g/mol. The summed E-state index contributed by atoms with van der Waals surface area (Å²) in [5.74, 6) is 0. The van der Waals surface area contributed by atoms with Crippen molar-refractivity contribution in [3.8, 4) is 0 Å². The molecule has 1 saturated heterocycles. The van der Waals surface area contributed by atoms with E-state index in [0.29, 0.717) is 5.41 Å². The van der Waals surface area contributed by atoms with Gasteiger partial charge in [-0.15, -0.1) is 0 Å². The second-order valence-electron chi connectivity index (χ2n) is 5.29. The van der Waals surface area contributed by atoms with Crippen LogP contribution in [0.3, 0.4) is 0 Å². The van der Waals surface area contributed by atoms with Gasteiger partial charge in [0.05, 0.1) is 13.2 Å². The lowest BCUT2D eigenvalue weighted by atomic mass is 9.84. The van der Waals surface area contributed by atoms with Gasteiger partial charge in [-0.05, 0) is 32.4 Å². The van der Waals surface area contributed by atoms with Gasteiger partial charge in [0, 0.05) is 18.6 Å². The largest absolute Gasteiger partial charge is 0.394 e. The van der Waals surface area contributed by atoms with Crippen LogP contribution in [0.15, 0.2) is 0 Å². The average Bonchev–Trinajstić information content (AvgIpc) is 2.27. The number of hydrogen-bond acceptors (Lipinski definition) is 3. The molecule has 0 spiro atoms. The molecule has 1 heterocycles. The smallest absolute Gasteiger partial charge is 0.337 e. The summed E-state index contributed by atoms with van der Waals surface area (Å²) in [5, 5.41) is 0. The molecule has 4 heteroatoms. The van der Waals surface area contributed by atoms with Crippen molar-refractivity contribution >= 4 is 8.56 Å². The van der Waals surface area contributed by atoms with Gasteiger partial charge in [-0.2, -0.15) is 0 Å². The lowest BCUT2D eigenvalue weighted by Gasteiger charge is -2.39. The second-order valence-corrected chi connectivity index (χ2v) is 8.89. The van der Waals surface area contributed by atoms with Crippen molar-refractivity contribution in [2.24, 2.45) is 5.41 Å². The highest BCUT2D eigenvalue weighted by Crippen LogP contribution is 2.34. The van der Waals surface area contributed by atoms with Gasteiger partial charge in [0.1, 0.15) is 0 Å². The van der Waals surface area contributed by atoms with Crippen LogP contribution in [0.5, 0.6) is 0 Å². The van der Waals surface area contributed by atoms with Crippen molar-refractivity contribution in [1.29, 1.82) is 0 Å². The molecule has 0 amide bonds. The van der Waals surface area contributed by atoms with Gasteiger partial charge in [-0.25, -0.2) is 0 Å². The summed E-state index contributed by atoms with van der Waals surface area (Å²) in [5.41, 5.74) is 0.423. The molecule has 102 valence electrons. The Morgan fingerprint density at radius 3 is 2.06 bits per heavy atom. The number of hydrogen-bond donors (Lipinski definition) is 0. The molecule has 17 heavy (non-hydrogen) atoms. The van der Waals surface area contributed by atoms with Crippen molar-refractivity contribution in [2.75, 3.05) is 26.4 Å². The van der Waals surface area contributed by atoms with Gasteiger partial charge in [0.15, 0.2) is 0 Å². The Balaban J connectivity index is 2.36. The summed E-state index contributed by atoms with van der Waals surface area (Å²) < 4.78 is 17.2. The Kier molecular flexibility index (Phi) is 6.13. The van der Waals surface area contributed by atoms with E-state index in [1.165, 1.54) is 12.8 Å². The minimum Gasteiger partial charge on any atom is -0.394 e. The maximum absolute atomic E-state index is 5.97. The molecule has 0 atom stereocenters. The number of ether oxygens (including phenoxy) is 1. The predicted octanol–water partition coefficient (Wildman–Crippen LogP) is 3.34. The fourth-order valence-corrected chi connectivity index (χ4v) is 5.37. The summed E-state index contributed by atoms with van der Waals surface area (Å²) in [7, 11) is -1.90. The van der Waals surface area contributed by atoms with Crippen LogP contribution in [0.4, 0.5) is 0 Å². The van der Waals surface area contributed by atoms with E-state index in [1.54, 1.807) is 0 Å². The summed E-state index contributed by atoms with van der Waals surface area (Å²) in [4.78, 5) is 0. The Morgan fingerprint density at radius 2 is 1.71 bits per heavy atom. The third kappa shape index (κ3) is 4.36. The van der Waals surface area contributed by atoms with Gasteiger partial charge in [0.2, 0.25) is 0 Å². The van der Waals surface area contributed by atoms with E-state index in [2.05, 4.69) is 27.7 Å². The second kappa shape index (κ2) is 6.88. The zero-order valence-electron chi connectivity index (χ0n) is 11.9. The van der Waals surface area contributed by atoms with Gasteiger partial charge < -0.3 is 13.6 Å². The lowest BCUT2D eigenvalue weighted by Crippen LogP contribution is -2.43. The highest BCUT2D eigenvalue weighted by molar-refractivity contribution is 6.67. The molecule has 0 aliphatic carbocycles. The third-order valence-electron chi connectivity index (χ3n) is 3.59. The molecule has 0 aromatic rings. The van der Waals surface area contributed by atoms with Gasteiger partial charge in [-0.3, -0.25) is 0 Å². The van der Waals surface area contributed by atoms with Crippen LogP contribution in [0, 0.1) is 5.41 Å². The van der Waals surface area contributed by atoms with Crippen LogP contribution >= 0.6 is 0 Å². The van der Waals surface area contributed by atoms with Crippen LogP contribution in [0.25, 0.3) is 0 Å². The first kappa shape index (κ1) is 15.2. The Labute approximate surface area is 107 Å². The third-order valence-corrected chi connectivity index (χ3v) is 7.41. The summed E-state index contributed by atoms with van der Waals surface area (Å²) >= 11 is 0. The highest BCUT2D eigenvalue weighted by Gasteiger charge is 2.37. The van der Waals surface area contributed by atoms with E-state index in [0.717, 1.165) is 38.5 Å². The van der Waals surface area contributed by atoms with E-state index >= 15 is 0 Å². The first-order valence-electron chi connectivity index (χ1n) is 6.95. The molecular formula is C13H28O3Si. The van der Waals surface area contributed by atoms with Crippen LogP contribution in [-0.4, -0.2) is 35.0 Å². The van der Waals surface area contributed by atoms with E-state index in [-0.39, 0.29) is 0 Å². The van der Waals surface area contributed by atoms with Gasteiger partial charge in [-0.1, -0.05) is 20.3 Å². The van der Waals surface area contributed by atoms with Crippen LogP contribution in [0.2, 0.25) is 12.1 Å². The maximum Gasteiger partial charge on any atom is 0.337 e. The topological polar surface area (TPSA) is 27.7 Å². The molecule has 0 aromatic heterocycles. The molecule has 0 N–H and O–H groups in total. The van der Waals surface area contributed by atoms with E-state index in [1.807, 2.05) is 0 Å². The fourth-order valence-electron chi connectivity index (χ4n) is 2.47. The molecule has 0 saturated carbocycles.